The van der Waals surface area contributed by atoms with Crippen molar-refractivity contribution in [1.82, 2.24) is 14.8 Å². The van der Waals surface area contributed by atoms with Crippen molar-refractivity contribution in [3.63, 3.8) is 0 Å². The van der Waals surface area contributed by atoms with Gasteiger partial charge in [0.1, 0.15) is 11.5 Å². The van der Waals surface area contributed by atoms with E-state index in [0.29, 0.717) is 11.5 Å². The Kier molecular flexibility index (Phi) is 5.11. The van der Waals surface area contributed by atoms with Crippen molar-refractivity contribution in [2.75, 3.05) is 25.9 Å². The number of likely N-dealkylation sites (tertiary alicyclic amines) is 1. The Labute approximate surface area is 143 Å². The van der Waals surface area contributed by atoms with Gasteiger partial charge in [0.15, 0.2) is 0 Å². The molecule has 2 N–H and O–H groups in total. The lowest BCUT2D eigenvalue weighted by Crippen LogP contribution is -2.45. The number of carbonyl (C=O) groups excluding carboxylic acids is 1. The first kappa shape index (κ1) is 16.5. The van der Waals surface area contributed by atoms with E-state index in [2.05, 4.69) is 34.1 Å². The highest BCUT2D eigenvalue weighted by molar-refractivity contribution is 5.92. The molecule has 1 aliphatic rings. The minimum absolute atomic E-state index is 0.0520. The predicted molar refractivity (Wildman–Crippen MR) is 95.5 cm³/mol. The summed E-state index contributed by atoms with van der Waals surface area (Å²) in [6.07, 6.45) is 1.97. The Balaban J connectivity index is 1.55. The highest BCUT2D eigenvalue weighted by Gasteiger charge is 2.26. The van der Waals surface area contributed by atoms with Gasteiger partial charge in [-0.1, -0.05) is 36.4 Å². The normalized spacial score (nSPS) is 16.0. The summed E-state index contributed by atoms with van der Waals surface area (Å²) in [6.45, 7) is 2.98. The van der Waals surface area contributed by atoms with Crippen molar-refractivity contribution in [1.29, 1.82) is 0 Å². The number of piperidine rings is 1. The summed E-state index contributed by atoms with van der Waals surface area (Å²) in [5.41, 5.74) is 7.44. The van der Waals surface area contributed by atoms with Gasteiger partial charge in [-0.2, -0.15) is 0 Å². The number of hydrogen-bond acceptors (Lipinski definition) is 4. The molecular formula is C19H24N4O. The van der Waals surface area contributed by atoms with Crippen molar-refractivity contribution >= 4 is 11.7 Å². The van der Waals surface area contributed by atoms with E-state index in [9.17, 15) is 4.79 Å². The largest absolute Gasteiger partial charge is 0.384 e. The van der Waals surface area contributed by atoms with Gasteiger partial charge in [0.05, 0.1) is 0 Å². The summed E-state index contributed by atoms with van der Waals surface area (Å²) >= 11 is 0. The first-order chi connectivity index (χ1) is 11.6. The average Bonchev–Trinajstić information content (AvgIpc) is 2.62. The molecule has 0 atom stereocenters. The number of rotatable bonds is 4. The first-order valence-electron chi connectivity index (χ1n) is 8.39. The molecule has 1 aromatic heterocycles. The molecule has 2 aromatic rings. The molecule has 24 heavy (non-hydrogen) atoms. The van der Waals surface area contributed by atoms with Gasteiger partial charge in [0.2, 0.25) is 0 Å². The molecule has 1 aliphatic heterocycles. The Morgan fingerprint density at radius 2 is 1.88 bits per heavy atom. The molecule has 0 radical (unpaired) electrons. The maximum absolute atomic E-state index is 12.6. The Morgan fingerprint density at radius 1 is 1.17 bits per heavy atom. The third kappa shape index (κ3) is 3.92. The number of aromatic nitrogens is 1. The Bertz CT molecular complexity index is 681. The van der Waals surface area contributed by atoms with Crippen molar-refractivity contribution in [3.8, 4) is 0 Å². The van der Waals surface area contributed by atoms with E-state index in [1.807, 2.05) is 18.0 Å². The van der Waals surface area contributed by atoms with Crippen LogP contribution in [0.3, 0.4) is 0 Å². The summed E-state index contributed by atoms with van der Waals surface area (Å²) in [5, 5.41) is 0. The topological polar surface area (TPSA) is 62.5 Å². The molecule has 0 unspecified atom stereocenters. The molecule has 5 nitrogen and oxygen atoms in total. The number of hydrogen-bond donors (Lipinski definition) is 1. The first-order valence-corrected chi connectivity index (χ1v) is 8.39. The van der Waals surface area contributed by atoms with E-state index >= 15 is 0 Å². The maximum atomic E-state index is 12.6. The summed E-state index contributed by atoms with van der Waals surface area (Å²) in [5.74, 6) is 0.329. The second kappa shape index (κ2) is 7.45. The van der Waals surface area contributed by atoms with Crippen LogP contribution in [0.25, 0.3) is 0 Å². The lowest BCUT2D eigenvalue weighted by atomic mass is 10.0. The van der Waals surface area contributed by atoms with Crippen molar-refractivity contribution < 1.29 is 4.79 Å². The van der Waals surface area contributed by atoms with Crippen LogP contribution in [-0.2, 0) is 6.54 Å². The molecule has 0 bridgehead atoms. The van der Waals surface area contributed by atoms with Crippen LogP contribution in [0.2, 0.25) is 0 Å². The second-order valence-corrected chi connectivity index (χ2v) is 6.36. The third-order valence-electron chi connectivity index (χ3n) is 4.66. The smallest absolute Gasteiger partial charge is 0.272 e. The molecule has 0 spiro atoms. The zero-order valence-electron chi connectivity index (χ0n) is 14.1. The molecule has 126 valence electrons. The molecule has 1 amide bonds. The molecule has 1 fully saturated rings. The third-order valence-corrected chi connectivity index (χ3v) is 4.66. The van der Waals surface area contributed by atoms with E-state index in [0.717, 1.165) is 32.5 Å². The van der Waals surface area contributed by atoms with Crippen LogP contribution >= 0.6 is 0 Å². The van der Waals surface area contributed by atoms with Gasteiger partial charge in [0.25, 0.3) is 5.91 Å². The van der Waals surface area contributed by atoms with Gasteiger partial charge in [-0.25, -0.2) is 4.98 Å². The van der Waals surface area contributed by atoms with Crippen LogP contribution in [-0.4, -0.2) is 46.9 Å². The van der Waals surface area contributed by atoms with Crippen molar-refractivity contribution in [2.24, 2.45) is 0 Å². The van der Waals surface area contributed by atoms with E-state index in [1.54, 1.807) is 18.2 Å². The van der Waals surface area contributed by atoms with E-state index < -0.39 is 0 Å². The molecular weight excluding hydrogens is 300 g/mol. The lowest BCUT2D eigenvalue weighted by Gasteiger charge is -2.36. The number of benzene rings is 1. The monoisotopic (exact) mass is 324 g/mol. The molecule has 5 heteroatoms. The number of nitrogen functional groups attached to an aromatic ring is 1. The number of nitrogens with zero attached hydrogens (tertiary/aromatic N) is 3. The number of carbonyl (C=O) groups is 1. The van der Waals surface area contributed by atoms with Crippen LogP contribution in [0, 0.1) is 0 Å². The van der Waals surface area contributed by atoms with E-state index in [4.69, 9.17) is 5.73 Å². The molecule has 0 aliphatic carbocycles. The zero-order chi connectivity index (χ0) is 16.9. The Hall–Kier alpha value is -2.40. The van der Waals surface area contributed by atoms with Gasteiger partial charge < -0.3 is 10.6 Å². The van der Waals surface area contributed by atoms with Gasteiger partial charge in [-0.15, -0.1) is 0 Å². The van der Waals surface area contributed by atoms with Crippen LogP contribution in [0.15, 0.2) is 48.5 Å². The highest BCUT2D eigenvalue weighted by Crippen LogP contribution is 2.19. The van der Waals surface area contributed by atoms with Crippen LogP contribution in [0.4, 0.5) is 5.82 Å². The van der Waals surface area contributed by atoms with Gasteiger partial charge in [-0.05, 0) is 30.5 Å². The molecule has 0 saturated carbocycles. The van der Waals surface area contributed by atoms with Gasteiger partial charge in [-0.3, -0.25) is 9.69 Å². The molecule has 3 rings (SSSR count). The number of nitrogens with two attached hydrogens (primary N) is 1. The van der Waals surface area contributed by atoms with Crippen molar-refractivity contribution in [3.05, 3.63) is 59.8 Å². The quantitative estimate of drug-likeness (QED) is 0.938. The molecule has 1 aromatic carbocycles. The summed E-state index contributed by atoms with van der Waals surface area (Å²) in [6, 6.07) is 16.0. The zero-order valence-corrected chi connectivity index (χ0v) is 14.1. The fraction of sp³-hybridized carbons (Fsp3) is 0.368. The standard InChI is InChI=1S/C19H24N4O/c1-22(19(24)17-8-5-9-18(20)21-17)16-10-12-23(13-11-16)14-15-6-3-2-4-7-15/h2-9,16H,10-14H2,1H3,(H2,20,21). The summed E-state index contributed by atoms with van der Waals surface area (Å²) < 4.78 is 0. The number of pyridine rings is 1. The Morgan fingerprint density at radius 3 is 2.54 bits per heavy atom. The average molecular weight is 324 g/mol. The minimum Gasteiger partial charge on any atom is -0.384 e. The SMILES string of the molecule is CN(C(=O)c1cccc(N)n1)C1CCN(Cc2ccccc2)CC1. The van der Waals surface area contributed by atoms with Gasteiger partial charge >= 0.3 is 0 Å². The molecule has 2 heterocycles. The maximum Gasteiger partial charge on any atom is 0.272 e. The minimum atomic E-state index is -0.0520. The number of amides is 1. The number of anilines is 1. The van der Waals surface area contributed by atoms with Crippen LogP contribution in [0.1, 0.15) is 28.9 Å². The van der Waals surface area contributed by atoms with Crippen LogP contribution < -0.4 is 5.73 Å². The lowest BCUT2D eigenvalue weighted by molar-refractivity contribution is 0.0631. The fourth-order valence-corrected chi connectivity index (χ4v) is 3.22. The molecule has 1 saturated heterocycles. The summed E-state index contributed by atoms with van der Waals surface area (Å²) in [7, 11) is 1.87. The highest BCUT2D eigenvalue weighted by atomic mass is 16.2. The van der Waals surface area contributed by atoms with E-state index in [-0.39, 0.29) is 11.9 Å². The van der Waals surface area contributed by atoms with Crippen molar-refractivity contribution in [2.45, 2.75) is 25.4 Å². The summed E-state index contributed by atoms with van der Waals surface area (Å²) in [4.78, 5) is 21.0. The fourth-order valence-electron chi connectivity index (χ4n) is 3.22. The van der Waals surface area contributed by atoms with E-state index in [1.165, 1.54) is 5.56 Å². The van der Waals surface area contributed by atoms with Crippen LogP contribution in [0.5, 0.6) is 0 Å². The predicted octanol–water partition coefficient (Wildman–Crippen LogP) is 2.40. The van der Waals surface area contributed by atoms with Gasteiger partial charge in [0, 0.05) is 32.7 Å². The second-order valence-electron chi connectivity index (χ2n) is 6.36.